The average Bonchev–Trinajstić information content (AvgIpc) is 3.05. The van der Waals surface area contributed by atoms with Gasteiger partial charge in [0.25, 0.3) is 6.47 Å². The Bertz CT molecular complexity index is 571. The van der Waals surface area contributed by atoms with Gasteiger partial charge in [0.15, 0.2) is 0 Å². The topological polar surface area (TPSA) is 81.1 Å². The van der Waals surface area contributed by atoms with Gasteiger partial charge >= 0.3 is 0 Å². The third-order valence-corrected chi connectivity index (χ3v) is 3.86. The summed E-state index contributed by atoms with van der Waals surface area (Å²) in [6, 6.07) is 0. The number of nitrogens with two attached hydrogens (primary N) is 1. The highest BCUT2D eigenvalue weighted by Crippen LogP contribution is 2.29. The first-order valence-corrected chi connectivity index (χ1v) is 9.05. The van der Waals surface area contributed by atoms with Gasteiger partial charge in [-0.15, -0.1) is 0 Å². The number of carboxylic acid groups (broad SMARTS) is 1. The summed E-state index contributed by atoms with van der Waals surface area (Å²) in [7, 11) is 0. The van der Waals surface area contributed by atoms with Crippen LogP contribution in [0.25, 0.3) is 5.70 Å². The lowest BCUT2D eigenvalue weighted by molar-refractivity contribution is -0.122. The molecule has 140 valence electrons. The van der Waals surface area contributed by atoms with E-state index in [1.807, 2.05) is 33.2 Å². The standard InChI is InChI=1S/C17H25N3.C2H6.CH2O2/c1-3-8-16-14(4-2)10-11-17-15(19-13-20(16)17)9-6-5-7-12-18;1-2;2-1-3/h3-4,8,13H,2,5-7,9-12,18H2,1H3;1-2H3;1H,(H,2,3)/b8-3-;;. The Morgan fingerprint density at radius 2 is 2.00 bits per heavy atom. The van der Waals surface area contributed by atoms with Gasteiger partial charge in [-0.2, -0.15) is 0 Å². The van der Waals surface area contributed by atoms with E-state index in [0.717, 1.165) is 32.2 Å². The van der Waals surface area contributed by atoms with Crippen LogP contribution in [0.4, 0.5) is 0 Å². The first kappa shape index (κ1) is 22.9. The van der Waals surface area contributed by atoms with Gasteiger partial charge in [0.2, 0.25) is 0 Å². The van der Waals surface area contributed by atoms with Crippen molar-refractivity contribution in [3.05, 3.63) is 48.1 Å². The average molecular weight is 348 g/mol. The number of carbonyl (C=O) groups is 1. The maximum atomic E-state index is 8.36. The largest absolute Gasteiger partial charge is 0.483 e. The van der Waals surface area contributed by atoms with Crippen LogP contribution < -0.4 is 5.73 Å². The van der Waals surface area contributed by atoms with Crippen LogP contribution in [0.1, 0.15) is 57.8 Å². The second kappa shape index (κ2) is 14.2. The predicted octanol–water partition coefficient (Wildman–Crippen LogP) is 4.20. The SMILES string of the molecule is C=CC1=C(/C=C\C)n2cnc(CCCCCN)c2CC1.CC.O=CO. The van der Waals surface area contributed by atoms with E-state index < -0.39 is 0 Å². The fraction of sp³-hybridized carbons (Fsp3) is 0.500. The fourth-order valence-corrected chi connectivity index (χ4v) is 2.79. The molecule has 0 saturated carbocycles. The van der Waals surface area contributed by atoms with Crippen molar-refractivity contribution in [3.63, 3.8) is 0 Å². The van der Waals surface area contributed by atoms with Crippen LogP contribution in [0, 0.1) is 0 Å². The maximum Gasteiger partial charge on any atom is 0.290 e. The molecule has 0 saturated heterocycles. The summed E-state index contributed by atoms with van der Waals surface area (Å²) in [6.45, 7) is 10.5. The number of allylic oxidation sites excluding steroid dienone is 5. The van der Waals surface area contributed by atoms with Crippen LogP contribution in [0.3, 0.4) is 0 Å². The highest BCUT2D eigenvalue weighted by Gasteiger charge is 2.19. The lowest BCUT2D eigenvalue weighted by atomic mass is 9.99. The molecule has 3 N–H and O–H groups in total. The summed E-state index contributed by atoms with van der Waals surface area (Å²) < 4.78 is 2.23. The number of fused-ring (bicyclic) bond motifs is 1. The second-order valence-corrected chi connectivity index (χ2v) is 5.33. The number of hydrogen-bond acceptors (Lipinski definition) is 3. The van der Waals surface area contributed by atoms with Crippen LogP contribution in [0.15, 0.2) is 36.7 Å². The summed E-state index contributed by atoms with van der Waals surface area (Å²) in [6.07, 6.45) is 14.8. The van der Waals surface area contributed by atoms with E-state index in [4.69, 9.17) is 15.6 Å². The summed E-state index contributed by atoms with van der Waals surface area (Å²) >= 11 is 0. The Labute approximate surface area is 152 Å². The molecule has 2 heterocycles. The Morgan fingerprint density at radius 3 is 2.56 bits per heavy atom. The minimum Gasteiger partial charge on any atom is -0.483 e. The molecule has 0 unspecified atom stereocenters. The van der Waals surface area contributed by atoms with E-state index in [9.17, 15) is 0 Å². The molecule has 0 radical (unpaired) electrons. The number of unbranched alkanes of at least 4 members (excludes halogenated alkanes) is 2. The van der Waals surface area contributed by atoms with Crippen LogP contribution in [-0.2, 0) is 17.6 Å². The molecular weight excluding hydrogens is 314 g/mol. The summed E-state index contributed by atoms with van der Waals surface area (Å²) in [4.78, 5) is 13.0. The van der Waals surface area contributed by atoms with Gasteiger partial charge in [-0.05, 0) is 57.2 Å². The van der Waals surface area contributed by atoms with E-state index in [1.54, 1.807) is 0 Å². The monoisotopic (exact) mass is 347 g/mol. The predicted molar refractivity (Wildman–Crippen MR) is 105 cm³/mol. The van der Waals surface area contributed by atoms with Gasteiger partial charge in [-0.3, -0.25) is 4.79 Å². The third-order valence-electron chi connectivity index (χ3n) is 3.86. The number of imidazole rings is 1. The van der Waals surface area contributed by atoms with Crippen molar-refractivity contribution >= 4 is 12.2 Å². The van der Waals surface area contributed by atoms with Crippen molar-refractivity contribution in [3.8, 4) is 0 Å². The van der Waals surface area contributed by atoms with Gasteiger partial charge in [0.1, 0.15) is 0 Å². The van der Waals surface area contributed by atoms with Crippen molar-refractivity contribution in [2.45, 2.75) is 59.3 Å². The molecule has 1 aromatic rings. The summed E-state index contributed by atoms with van der Waals surface area (Å²) in [5.41, 5.74) is 10.7. The molecule has 1 aliphatic rings. The smallest absolute Gasteiger partial charge is 0.290 e. The van der Waals surface area contributed by atoms with Gasteiger partial charge in [0.05, 0.1) is 12.0 Å². The second-order valence-electron chi connectivity index (χ2n) is 5.33. The Kier molecular flexibility index (Phi) is 13.0. The molecule has 0 bridgehead atoms. The minimum absolute atomic E-state index is 0.250. The van der Waals surface area contributed by atoms with Gasteiger partial charge in [-0.25, -0.2) is 4.98 Å². The number of aryl methyl sites for hydroxylation is 1. The number of hydrogen-bond donors (Lipinski definition) is 2. The van der Waals surface area contributed by atoms with E-state index in [1.165, 1.54) is 35.5 Å². The minimum atomic E-state index is -0.250. The molecule has 25 heavy (non-hydrogen) atoms. The first-order chi connectivity index (χ1) is 12.2. The molecule has 0 amide bonds. The van der Waals surface area contributed by atoms with Crippen LogP contribution in [-0.4, -0.2) is 27.7 Å². The van der Waals surface area contributed by atoms with Crippen molar-refractivity contribution in [2.24, 2.45) is 5.73 Å². The normalized spacial score (nSPS) is 12.6. The molecule has 0 fully saturated rings. The zero-order valence-electron chi connectivity index (χ0n) is 15.9. The van der Waals surface area contributed by atoms with Crippen LogP contribution in [0.2, 0.25) is 0 Å². The van der Waals surface area contributed by atoms with E-state index in [0.29, 0.717) is 0 Å². The number of rotatable bonds is 7. The molecule has 0 aromatic carbocycles. The highest BCUT2D eigenvalue weighted by molar-refractivity contribution is 5.66. The molecule has 5 heteroatoms. The Morgan fingerprint density at radius 1 is 1.32 bits per heavy atom. The number of nitrogens with zero attached hydrogens (tertiary/aromatic N) is 2. The molecule has 0 aliphatic carbocycles. The third kappa shape index (κ3) is 7.10. The fourth-order valence-electron chi connectivity index (χ4n) is 2.79. The van der Waals surface area contributed by atoms with Crippen LogP contribution in [0.5, 0.6) is 0 Å². The lowest BCUT2D eigenvalue weighted by Crippen LogP contribution is -2.10. The quantitative estimate of drug-likeness (QED) is 0.572. The van der Waals surface area contributed by atoms with Gasteiger partial charge < -0.3 is 15.4 Å². The van der Waals surface area contributed by atoms with Crippen LogP contribution >= 0.6 is 0 Å². The van der Waals surface area contributed by atoms with Crippen molar-refractivity contribution in [2.75, 3.05) is 6.54 Å². The molecule has 0 spiro atoms. The van der Waals surface area contributed by atoms with Gasteiger partial charge in [0, 0.05) is 11.4 Å². The van der Waals surface area contributed by atoms with Crippen molar-refractivity contribution < 1.29 is 9.90 Å². The van der Waals surface area contributed by atoms with E-state index in [-0.39, 0.29) is 6.47 Å². The van der Waals surface area contributed by atoms with Crippen molar-refractivity contribution in [1.29, 1.82) is 0 Å². The zero-order valence-corrected chi connectivity index (χ0v) is 15.9. The summed E-state index contributed by atoms with van der Waals surface area (Å²) in [5.74, 6) is 0. The zero-order chi connectivity index (χ0) is 19.1. The molecule has 1 aromatic heterocycles. The molecule has 5 nitrogen and oxygen atoms in total. The van der Waals surface area contributed by atoms with E-state index >= 15 is 0 Å². The van der Waals surface area contributed by atoms with Gasteiger partial charge in [-0.1, -0.05) is 39.0 Å². The summed E-state index contributed by atoms with van der Waals surface area (Å²) in [5, 5.41) is 6.89. The lowest BCUT2D eigenvalue weighted by Gasteiger charge is -2.20. The van der Waals surface area contributed by atoms with Crippen molar-refractivity contribution in [1.82, 2.24) is 9.55 Å². The molecular formula is C20H33N3O2. The molecule has 0 atom stereocenters. The maximum absolute atomic E-state index is 8.36. The Hall–Kier alpha value is -2.14. The first-order valence-electron chi connectivity index (χ1n) is 9.05. The molecule has 1 aliphatic heterocycles. The number of aromatic nitrogens is 2. The highest BCUT2D eigenvalue weighted by atomic mass is 16.3. The van der Waals surface area contributed by atoms with E-state index in [2.05, 4.69) is 28.3 Å². The Balaban J connectivity index is 0.00000104. The molecule has 2 rings (SSSR count).